The highest BCUT2D eigenvalue weighted by Gasteiger charge is 2.09. The van der Waals surface area contributed by atoms with Crippen LogP contribution in [-0.2, 0) is 6.54 Å². The van der Waals surface area contributed by atoms with Gasteiger partial charge in [0, 0.05) is 21.8 Å². The van der Waals surface area contributed by atoms with Gasteiger partial charge in [-0.25, -0.2) is 0 Å². The van der Waals surface area contributed by atoms with Crippen molar-refractivity contribution in [3.05, 3.63) is 51.8 Å². The standard InChI is InChI=1S/C13H16BrN3/c1-9(15)13-7-16-17(10(13)2)8-11-3-5-12(14)6-4-11/h3-7,9H,8,15H2,1-2H3. The molecule has 0 amide bonds. The largest absolute Gasteiger partial charge is 0.324 e. The smallest absolute Gasteiger partial charge is 0.0662 e. The Balaban J connectivity index is 2.22. The summed E-state index contributed by atoms with van der Waals surface area (Å²) in [6.45, 7) is 4.82. The number of nitrogens with two attached hydrogens (primary N) is 1. The van der Waals surface area contributed by atoms with Gasteiger partial charge in [-0.1, -0.05) is 28.1 Å². The van der Waals surface area contributed by atoms with Crippen molar-refractivity contribution >= 4 is 15.9 Å². The van der Waals surface area contributed by atoms with E-state index in [0.29, 0.717) is 0 Å². The molecule has 4 heteroatoms. The summed E-state index contributed by atoms with van der Waals surface area (Å²) in [4.78, 5) is 0. The van der Waals surface area contributed by atoms with E-state index in [1.165, 1.54) is 5.56 Å². The summed E-state index contributed by atoms with van der Waals surface area (Å²) < 4.78 is 3.08. The Morgan fingerprint density at radius 2 is 2.00 bits per heavy atom. The Morgan fingerprint density at radius 1 is 1.35 bits per heavy atom. The van der Waals surface area contributed by atoms with Crippen LogP contribution in [0.5, 0.6) is 0 Å². The Labute approximate surface area is 110 Å². The first-order chi connectivity index (χ1) is 8.08. The highest BCUT2D eigenvalue weighted by atomic mass is 79.9. The number of nitrogens with zero attached hydrogens (tertiary/aromatic N) is 2. The molecule has 2 aromatic rings. The fourth-order valence-electron chi connectivity index (χ4n) is 1.83. The molecule has 0 bridgehead atoms. The van der Waals surface area contributed by atoms with Gasteiger partial charge in [0.25, 0.3) is 0 Å². The maximum atomic E-state index is 5.88. The number of halogens is 1. The lowest BCUT2D eigenvalue weighted by atomic mass is 10.1. The summed E-state index contributed by atoms with van der Waals surface area (Å²) >= 11 is 3.43. The van der Waals surface area contributed by atoms with Gasteiger partial charge in [0.2, 0.25) is 0 Å². The Bertz CT molecular complexity index is 500. The number of benzene rings is 1. The molecule has 17 heavy (non-hydrogen) atoms. The van der Waals surface area contributed by atoms with Gasteiger partial charge in [0.15, 0.2) is 0 Å². The van der Waals surface area contributed by atoms with Crippen LogP contribution >= 0.6 is 15.9 Å². The van der Waals surface area contributed by atoms with E-state index in [9.17, 15) is 0 Å². The van der Waals surface area contributed by atoms with Crippen LogP contribution in [-0.4, -0.2) is 9.78 Å². The predicted octanol–water partition coefficient (Wildman–Crippen LogP) is 3.02. The van der Waals surface area contributed by atoms with Gasteiger partial charge < -0.3 is 5.73 Å². The Hall–Kier alpha value is -1.13. The topological polar surface area (TPSA) is 43.8 Å². The molecule has 3 nitrogen and oxygen atoms in total. The summed E-state index contributed by atoms with van der Waals surface area (Å²) in [5.41, 5.74) is 9.37. The van der Waals surface area contributed by atoms with Crippen molar-refractivity contribution < 1.29 is 0 Å². The molecule has 0 saturated heterocycles. The van der Waals surface area contributed by atoms with Crippen molar-refractivity contribution in [1.82, 2.24) is 9.78 Å². The molecule has 2 N–H and O–H groups in total. The van der Waals surface area contributed by atoms with Gasteiger partial charge in [0.1, 0.15) is 0 Å². The van der Waals surface area contributed by atoms with E-state index in [1.54, 1.807) is 0 Å². The third-order valence-electron chi connectivity index (χ3n) is 2.88. The predicted molar refractivity (Wildman–Crippen MR) is 72.8 cm³/mol. The molecule has 1 aromatic carbocycles. The van der Waals surface area contributed by atoms with Gasteiger partial charge in [-0.2, -0.15) is 5.10 Å². The molecule has 0 aliphatic rings. The molecular weight excluding hydrogens is 278 g/mol. The van der Waals surface area contributed by atoms with E-state index in [0.717, 1.165) is 22.3 Å². The van der Waals surface area contributed by atoms with Gasteiger partial charge in [-0.3, -0.25) is 4.68 Å². The molecule has 0 radical (unpaired) electrons. The molecule has 0 fully saturated rings. The van der Waals surface area contributed by atoms with Crippen LogP contribution < -0.4 is 5.73 Å². The van der Waals surface area contributed by atoms with Gasteiger partial charge in [-0.05, 0) is 31.5 Å². The van der Waals surface area contributed by atoms with Crippen molar-refractivity contribution in [3.8, 4) is 0 Å². The van der Waals surface area contributed by atoms with E-state index in [-0.39, 0.29) is 6.04 Å². The molecule has 1 heterocycles. The molecule has 2 rings (SSSR count). The number of rotatable bonds is 3. The first-order valence-electron chi connectivity index (χ1n) is 5.60. The van der Waals surface area contributed by atoms with Crippen LogP contribution in [0.4, 0.5) is 0 Å². The number of aromatic nitrogens is 2. The lowest BCUT2D eigenvalue weighted by molar-refractivity contribution is 0.660. The molecule has 0 spiro atoms. The maximum absolute atomic E-state index is 5.88. The molecule has 1 aromatic heterocycles. The lowest BCUT2D eigenvalue weighted by Gasteiger charge is -2.07. The van der Waals surface area contributed by atoms with Crippen LogP contribution in [0.2, 0.25) is 0 Å². The van der Waals surface area contributed by atoms with Crippen LogP contribution in [0.25, 0.3) is 0 Å². The second kappa shape index (κ2) is 5.02. The van der Waals surface area contributed by atoms with Crippen molar-refractivity contribution in [1.29, 1.82) is 0 Å². The summed E-state index contributed by atoms with van der Waals surface area (Å²) in [7, 11) is 0. The fraction of sp³-hybridized carbons (Fsp3) is 0.308. The average molecular weight is 294 g/mol. The highest BCUT2D eigenvalue weighted by molar-refractivity contribution is 9.10. The minimum Gasteiger partial charge on any atom is -0.324 e. The fourth-order valence-corrected chi connectivity index (χ4v) is 2.09. The quantitative estimate of drug-likeness (QED) is 0.945. The Morgan fingerprint density at radius 3 is 2.53 bits per heavy atom. The van der Waals surface area contributed by atoms with Crippen molar-refractivity contribution in [2.24, 2.45) is 5.73 Å². The van der Waals surface area contributed by atoms with Crippen LogP contribution in [0.1, 0.15) is 29.8 Å². The van der Waals surface area contributed by atoms with Gasteiger partial charge in [-0.15, -0.1) is 0 Å². The van der Waals surface area contributed by atoms with E-state index >= 15 is 0 Å². The number of hydrogen-bond acceptors (Lipinski definition) is 2. The second-order valence-electron chi connectivity index (χ2n) is 4.26. The third-order valence-corrected chi connectivity index (χ3v) is 3.41. The minimum atomic E-state index is 0.0358. The lowest BCUT2D eigenvalue weighted by Crippen LogP contribution is -2.08. The molecule has 90 valence electrons. The monoisotopic (exact) mass is 293 g/mol. The van der Waals surface area contributed by atoms with Crippen LogP contribution in [0.3, 0.4) is 0 Å². The average Bonchev–Trinajstić information content (AvgIpc) is 2.64. The normalized spacial score (nSPS) is 12.7. The van der Waals surface area contributed by atoms with E-state index in [4.69, 9.17) is 5.73 Å². The molecule has 0 aliphatic heterocycles. The Kier molecular flexibility index (Phi) is 3.64. The SMILES string of the molecule is Cc1c(C(C)N)cnn1Cc1ccc(Br)cc1. The van der Waals surface area contributed by atoms with Gasteiger partial charge in [0.05, 0.1) is 12.7 Å². The molecule has 0 aliphatic carbocycles. The first kappa shape index (κ1) is 12.3. The minimum absolute atomic E-state index is 0.0358. The molecule has 1 unspecified atom stereocenters. The third kappa shape index (κ3) is 2.76. The van der Waals surface area contributed by atoms with Gasteiger partial charge >= 0.3 is 0 Å². The summed E-state index contributed by atoms with van der Waals surface area (Å²) in [5.74, 6) is 0. The van der Waals surface area contributed by atoms with Crippen LogP contribution in [0, 0.1) is 6.92 Å². The zero-order valence-corrected chi connectivity index (χ0v) is 11.6. The summed E-state index contributed by atoms with van der Waals surface area (Å²) in [6.07, 6.45) is 1.86. The van der Waals surface area contributed by atoms with Crippen molar-refractivity contribution in [2.45, 2.75) is 26.4 Å². The highest BCUT2D eigenvalue weighted by Crippen LogP contribution is 2.16. The molecular formula is C13H16BrN3. The molecule has 0 saturated carbocycles. The van der Waals surface area contributed by atoms with E-state index in [2.05, 4.69) is 40.1 Å². The maximum Gasteiger partial charge on any atom is 0.0662 e. The second-order valence-corrected chi connectivity index (χ2v) is 5.17. The summed E-state index contributed by atoms with van der Waals surface area (Å²) in [6, 6.07) is 8.31. The molecule has 1 atom stereocenters. The van der Waals surface area contributed by atoms with E-state index < -0.39 is 0 Å². The van der Waals surface area contributed by atoms with Crippen molar-refractivity contribution in [2.75, 3.05) is 0 Å². The zero-order valence-electron chi connectivity index (χ0n) is 10.0. The summed E-state index contributed by atoms with van der Waals surface area (Å²) in [5, 5.41) is 4.38. The van der Waals surface area contributed by atoms with Crippen molar-refractivity contribution in [3.63, 3.8) is 0 Å². The zero-order chi connectivity index (χ0) is 12.4. The first-order valence-corrected chi connectivity index (χ1v) is 6.39. The number of hydrogen-bond donors (Lipinski definition) is 1. The van der Waals surface area contributed by atoms with Crippen LogP contribution in [0.15, 0.2) is 34.9 Å². The van der Waals surface area contributed by atoms with E-state index in [1.807, 2.05) is 29.9 Å².